The average Bonchev–Trinajstić information content (AvgIpc) is 2.67. The van der Waals surface area contributed by atoms with Gasteiger partial charge in [-0.1, -0.05) is 23.7 Å². The Balaban J connectivity index is 2.17. The molecular weight excluding hydrogens is 374 g/mol. The van der Waals surface area contributed by atoms with Crippen molar-refractivity contribution in [1.82, 2.24) is 0 Å². The standard InChI is InChI=1S/C18H16ClN3O5/c1-26-17-6-3-2-5-15(17)21(10-4-9-20)18(23)12-27-16-8-7-13(22(24)25)11-14(16)19/h2-3,5-8,11H,4,10,12H2,1H3. The van der Waals surface area contributed by atoms with E-state index in [0.717, 1.165) is 6.07 Å². The summed E-state index contributed by atoms with van der Waals surface area (Å²) < 4.78 is 10.7. The highest BCUT2D eigenvalue weighted by Crippen LogP contribution is 2.30. The molecule has 2 aromatic carbocycles. The van der Waals surface area contributed by atoms with E-state index in [4.69, 9.17) is 26.3 Å². The summed E-state index contributed by atoms with van der Waals surface area (Å²) in [5, 5.41) is 19.6. The van der Waals surface area contributed by atoms with Gasteiger partial charge in [0, 0.05) is 18.7 Å². The van der Waals surface area contributed by atoms with Crippen molar-refractivity contribution in [2.75, 3.05) is 25.2 Å². The summed E-state index contributed by atoms with van der Waals surface area (Å²) in [6.07, 6.45) is 0.127. The van der Waals surface area contributed by atoms with Crippen LogP contribution < -0.4 is 14.4 Å². The first kappa shape index (κ1) is 20.0. The number of para-hydroxylation sites is 2. The summed E-state index contributed by atoms with van der Waals surface area (Å²) in [6, 6.07) is 12.6. The lowest BCUT2D eigenvalue weighted by molar-refractivity contribution is -0.384. The van der Waals surface area contributed by atoms with Crippen LogP contribution in [0.4, 0.5) is 11.4 Å². The second-order valence-corrected chi connectivity index (χ2v) is 5.69. The molecule has 0 saturated carbocycles. The first-order valence-electron chi connectivity index (χ1n) is 7.85. The summed E-state index contributed by atoms with van der Waals surface area (Å²) in [5.41, 5.74) is 0.335. The largest absolute Gasteiger partial charge is 0.495 e. The SMILES string of the molecule is COc1ccccc1N(CCC#N)C(=O)COc1ccc([N+](=O)[O-])cc1Cl. The molecule has 140 valence electrons. The maximum absolute atomic E-state index is 12.7. The lowest BCUT2D eigenvalue weighted by Gasteiger charge is -2.23. The maximum atomic E-state index is 12.7. The molecular formula is C18H16ClN3O5. The van der Waals surface area contributed by atoms with Crippen molar-refractivity contribution >= 4 is 28.9 Å². The van der Waals surface area contributed by atoms with E-state index in [-0.39, 0.29) is 36.0 Å². The molecule has 0 N–H and O–H groups in total. The Labute approximate surface area is 160 Å². The first-order chi connectivity index (χ1) is 13.0. The van der Waals surface area contributed by atoms with Gasteiger partial charge in [-0.2, -0.15) is 5.26 Å². The fraction of sp³-hybridized carbons (Fsp3) is 0.222. The minimum Gasteiger partial charge on any atom is -0.495 e. The van der Waals surface area contributed by atoms with Gasteiger partial charge in [0.1, 0.15) is 11.5 Å². The van der Waals surface area contributed by atoms with Crippen molar-refractivity contribution in [2.24, 2.45) is 0 Å². The van der Waals surface area contributed by atoms with Crippen LogP contribution in [0.5, 0.6) is 11.5 Å². The molecule has 0 aliphatic rings. The van der Waals surface area contributed by atoms with Gasteiger partial charge in [-0.15, -0.1) is 0 Å². The minimum atomic E-state index is -0.577. The van der Waals surface area contributed by atoms with Crippen LogP contribution >= 0.6 is 11.6 Å². The number of halogens is 1. The van der Waals surface area contributed by atoms with Gasteiger partial charge in [0.2, 0.25) is 0 Å². The third-order valence-corrected chi connectivity index (χ3v) is 3.90. The summed E-state index contributed by atoms with van der Waals surface area (Å²) in [7, 11) is 1.49. The van der Waals surface area contributed by atoms with Crippen LogP contribution in [0.3, 0.4) is 0 Å². The van der Waals surface area contributed by atoms with Gasteiger partial charge in [0.15, 0.2) is 6.61 Å². The van der Waals surface area contributed by atoms with Crippen LogP contribution in [0.25, 0.3) is 0 Å². The summed E-state index contributed by atoms with van der Waals surface area (Å²) >= 11 is 5.97. The normalized spacial score (nSPS) is 9.96. The Morgan fingerprint density at radius 1 is 1.30 bits per heavy atom. The van der Waals surface area contributed by atoms with Crippen molar-refractivity contribution in [3.05, 3.63) is 57.6 Å². The monoisotopic (exact) mass is 389 g/mol. The van der Waals surface area contributed by atoms with Gasteiger partial charge >= 0.3 is 0 Å². The molecule has 0 spiro atoms. The van der Waals surface area contributed by atoms with Gasteiger partial charge < -0.3 is 14.4 Å². The number of nitrogens with zero attached hydrogens (tertiary/aromatic N) is 3. The Morgan fingerprint density at radius 3 is 2.67 bits per heavy atom. The third kappa shape index (κ3) is 5.09. The van der Waals surface area contributed by atoms with E-state index >= 15 is 0 Å². The van der Waals surface area contributed by atoms with Crippen molar-refractivity contribution in [3.8, 4) is 17.6 Å². The smallest absolute Gasteiger partial charge is 0.271 e. The minimum absolute atomic E-state index is 0.0258. The molecule has 8 nitrogen and oxygen atoms in total. The van der Waals surface area contributed by atoms with Crippen molar-refractivity contribution in [2.45, 2.75) is 6.42 Å². The molecule has 0 fully saturated rings. The second kappa shape index (κ2) is 9.40. The number of methoxy groups -OCH3 is 1. The van der Waals surface area contributed by atoms with Gasteiger partial charge in [0.25, 0.3) is 11.6 Å². The van der Waals surface area contributed by atoms with Gasteiger partial charge in [-0.3, -0.25) is 14.9 Å². The lowest BCUT2D eigenvalue weighted by Crippen LogP contribution is -2.36. The second-order valence-electron chi connectivity index (χ2n) is 5.29. The number of hydrogen-bond acceptors (Lipinski definition) is 6. The summed E-state index contributed by atoms with van der Waals surface area (Å²) in [6.45, 7) is -0.200. The summed E-state index contributed by atoms with van der Waals surface area (Å²) in [5.74, 6) is 0.220. The van der Waals surface area contributed by atoms with Crippen molar-refractivity contribution in [3.63, 3.8) is 0 Å². The van der Waals surface area contributed by atoms with E-state index in [1.165, 1.54) is 24.1 Å². The number of rotatable bonds is 8. The van der Waals surface area contributed by atoms with Crippen molar-refractivity contribution in [1.29, 1.82) is 5.26 Å². The van der Waals surface area contributed by atoms with E-state index in [9.17, 15) is 14.9 Å². The highest BCUT2D eigenvalue weighted by atomic mass is 35.5. The quantitative estimate of drug-likeness (QED) is 0.504. The molecule has 0 aliphatic heterocycles. The number of carbonyl (C=O) groups excluding carboxylic acids is 1. The fourth-order valence-electron chi connectivity index (χ4n) is 2.33. The van der Waals surface area contributed by atoms with Gasteiger partial charge in [0.05, 0.1) is 35.2 Å². The van der Waals surface area contributed by atoms with Crippen LogP contribution in [0.2, 0.25) is 5.02 Å². The summed E-state index contributed by atoms with van der Waals surface area (Å²) in [4.78, 5) is 24.2. The zero-order chi connectivity index (χ0) is 19.8. The number of amides is 1. The van der Waals surface area contributed by atoms with Crippen LogP contribution in [0, 0.1) is 21.4 Å². The molecule has 0 atom stereocenters. The Hall–Kier alpha value is -3.31. The van der Waals surface area contributed by atoms with E-state index in [0.29, 0.717) is 11.4 Å². The fourth-order valence-corrected chi connectivity index (χ4v) is 2.56. The van der Waals surface area contributed by atoms with Gasteiger partial charge in [-0.05, 0) is 18.2 Å². The van der Waals surface area contributed by atoms with E-state index in [1.54, 1.807) is 24.3 Å². The number of benzene rings is 2. The molecule has 2 aromatic rings. The zero-order valence-corrected chi connectivity index (χ0v) is 15.2. The Kier molecular flexibility index (Phi) is 6.97. The number of non-ortho nitro benzene ring substituents is 1. The van der Waals surface area contributed by atoms with Gasteiger partial charge in [-0.25, -0.2) is 0 Å². The van der Waals surface area contributed by atoms with E-state index < -0.39 is 10.8 Å². The molecule has 2 rings (SSSR count). The van der Waals surface area contributed by atoms with E-state index in [1.807, 2.05) is 6.07 Å². The maximum Gasteiger partial charge on any atom is 0.271 e. The molecule has 0 heterocycles. The molecule has 1 amide bonds. The number of ether oxygens (including phenoxy) is 2. The van der Waals surface area contributed by atoms with Crippen molar-refractivity contribution < 1.29 is 19.2 Å². The van der Waals surface area contributed by atoms with E-state index in [2.05, 4.69) is 0 Å². The number of nitro benzene ring substituents is 1. The zero-order valence-electron chi connectivity index (χ0n) is 14.4. The molecule has 0 unspecified atom stereocenters. The molecule has 27 heavy (non-hydrogen) atoms. The highest BCUT2D eigenvalue weighted by Gasteiger charge is 2.20. The molecule has 0 saturated heterocycles. The highest BCUT2D eigenvalue weighted by molar-refractivity contribution is 6.32. The third-order valence-electron chi connectivity index (χ3n) is 3.60. The molecule has 0 aliphatic carbocycles. The van der Waals surface area contributed by atoms with Crippen LogP contribution in [-0.2, 0) is 4.79 Å². The van der Waals surface area contributed by atoms with Crippen LogP contribution in [0.1, 0.15) is 6.42 Å². The Morgan fingerprint density at radius 2 is 2.04 bits per heavy atom. The number of carbonyl (C=O) groups is 1. The number of anilines is 1. The van der Waals surface area contributed by atoms with Crippen LogP contribution in [-0.4, -0.2) is 31.1 Å². The van der Waals surface area contributed by atoms with Crippen LogP contribution in [0.15, 0.2) is 42.5 Å². The topological polar surface area (TPSA) is 106 Å². The first-order valence-corrected chi connectivity index (χ1v) is 8.22. The number of nitriles is 1. The molecule has 9 heteroatoms. The Bertz CT molecular complexity index is 882. The lowest BCUT2D eigenvalue weighted by atomic mass is 10.2. The molecule has 0 aromatic heterocycles. The number of nitro groups is 1. The average molecular weight is 390 g/mol. The predicted molar refractivity (Wildman–Crippen MR) is 99.2 cm³/mol. The molecule has 0 radical (unpaired) electrons. The predicted octanol–water partition coefficient (Wildman–Crippen LogP) is 3.58. The number of hydrogen-bond donors (Lipinski definition) is 0. The molecule has 0 bridgehead atoms.